The molecule has 3 aromatic rings. The summed E-state index contributed by atoms with van der Waals surface area (Å²) in [5.41, 5.74) is 3.48. The Labute approximate surface area is 107 Å². The molecule has 0 spiro atoms. The normalized spacial score (nSPS) is 10.5. The third-order valence-electron chi connectivity index (χ3n) is 3.09. The minimum atomic E-state index is 0.169. The Morgan fingerprint density at radius 3 is 1.78 bits per heavy atom. The second-order valence-corrected chi connectivity index (χ2v) is 4.27. The molecule has 0 radical (unpaired) electrons. The topological polar surface area (TPSA) is 13.1 Å². The predicted molar refractivity (Wildman–Crippen MR) is 73.9 cm³/mol. The molecule has 1 nitrogen and oxygen atoms in total. The summed E-state index contributed by atoms with van der Waals surface area (Å²) in [5, 5.41) is 0. The van der Waals surface area contributed by atoms with E-state index in [4.69, 9.17) is 4.42 Å². The Hall–Kier alpha value is -2.09. The fourth-order valence-electron chi connectivity index (χ4n) is 2.27. The molecule has 0 fully saturated rings. The van der Waals surface area contributed by atoms with Gasteiger partial charge in [0.2, 0.25) is 0 Å². The van der Waals surface area contributed by atoms with Crippen LogP contribution in [-0.4, -0.2) is 6.91 Å². The standard InChI is InChI=1S/C16H13BO/c1-3-7-13(8-4-1)15(16-17-11-12-18-16)14-9-5-2-6-10-14/h1-12,15H. The van der Waals surface area contributed by atoms with E-state index in [2.05, 4.69) is 48.5 Å². The van der Waals surface area contributed by atoms with Crippen LogP contribution in [0.1, 0.15) is 22.7 Å². The van der Waals surface area contributed by atoms with Crippen LogP contribution in [0.5, 0.6) is 0 Å². The molecule has 86 valence electrons. The maximum atomic E-state index is 5.60. The maximum absolute atomic E-state index is 5.60. The molecule has 2 aromatic carbocycles. The molecule has 0 aliphatic carbocycles. The summed E-state index contributed by atoms with van der Waals surface area (Å²) in [5.74, 6) is 2.11. The first-order valence-electron chi connectivity index (χ1n) is 6.08. The Balaban J connectivity index is 2.11. The van der Waals surface area contributed by atoms with Crippen LogP contribution in [0.15, 0.2) is 77.3 Å². The van der Waals surface area contributed by atoms with Crippen molar-refractivity contribution in [2.45, 2.75) is 5.92 Å². The van der Waals surface area contributed by atoms with E-state index in [1.54, 1.807) is 6.26 Å². The Kier molecular flexibility index (Phi) is 3.09. The van der Waals surface area contributed by atoms with Gasteiger partial charge in [-0.3, -0.25) is 0 Å². The molecule has 0 bridgehead atoms. The van der Waals surface area contributed by atoms with Crippen molar-refractivity contribution in [1.82, 2.24) is 0 Å². The molecule has 0 amide bonds. The predicted octanol–water partition coefficient (Wildman–Crippen LogP) is 3.80. The van der Waals surface area contributed by atoms with Gasteiger partial charge in [0.1, 0.15) is 0 Å². The molecule has 0 saturated carbocycles. The number of hydrogen-bond acceptors (Lipinski definition) is 1. The Morgan fingerprint density at radius 2 is 1.33 bits per heavy atom. The third-order valence-corrected chi connectivity index (χ3v) is 3.09. The van der Waals surface area contributed by atoms with Crippen molar-refractivity contribution in [2.75, 3.05) is 0 Å². The molecule has 0 atom stereocenters. The second kappa shape index (κ2) is 5.05. The van der Waals surface area contributed by atoms with Gasteiger partial charge in [-0.25, -0.2) is 0 Å². The first-order valence-corrected chi connectivity index (χ1v) is 6.08. The van der Waals surface area contributed by atoms with E-state index in [0.29, 0.717) is 0 Å². The van der Waals surface area contributed by atoms with E-state index < -0.39 is 0 Å². The van der Waals surface area contributed by atoms with Crippen molar-refractivity contribution in [2.24, 2.45) is 0 Å². The molecule has 0 aliphatic rings. The van der Waals surface area contributed by atoms with Crippen LogP contribution in [0.4, 0.5) is 0 Å². The van der Waals surface area contributed by atoms with Gasteiger partial charge in [0, 0.05) is 0 Å². The van der Waals surface area contributed by atoms with Crippen LogP contribution in [0.25, 0.3) is 0 Å². The average Bonchev–Trinajstić information content (AvgIpc) is 2.95. The molecule has 1 aromatic heterocycles. The van der Waals surface area contributed by atoms with Crippen LogP contribution >= 0.6 is 0 Å². The van der Waals surface area contributed by atoms with E-state index in [0.717, 1.165) is 5.66 Å². The molecule has 1 heterocycles. The molecule has 0 saturated heterocycles. The average molecular weight is 232 g/mol. The Bertz CT molecular complexity index is 548. The number of benzene rings is 2. The monoisotopic (exact) mass is 232 g/mol. The summed E-state index contributed by atoms with van der Waals surface area (Å²) in [6.07, 6.45) is 1.73. The first-order chi connectivity index (χ1) is 8.95. The van der Waals surface area contributed by atoms with Crippen LogP contribution in [0.3, 0.4) is 0 Å². The summed E-state index contributed by atoms with van der Waals surface area (Å²) < 4.78 is 5.60. The van der Waals surface area contributed by atoms with Gasteiger partial charge in [-0.15, -0.1) is 0 Å². The molecule has 0 aliphatic heterocycles. The van der Waals surface area contributed by atoms with Gasteiger partial charge in [0.05, 0.1) is 0 Å². The zero-order valence-electron chi connectivity index (χ0n) is 9.99. The van der Waals surface area contributed by atoms with Gasteiger partial charge in [0.15, 0.2) is 0 Å². The van der Waals surface area contributed by atoms with E-state index in [1.807, 2.05) is 25.0 Å². The first kappa shape index (κ1) is 11.0. The van der Waals surface area contributed by atoms with Crippen LogP contribution in [-0.2, 0) is 0 Å². The summed E-state index contributed by atoms with van der Waals surface area (Å²) >= 11 is 0. The van der Waals surface area contributed by atoms with Gasteiger partial charge in [-0.2, -0.15) is 0 Å². The minimum absolute atomic E-state index is 0.169. The van der Waals surface area contributed by atoms with Gasteiger partial charge in [0.25, 0.3) is 0 Å². The molecule has 3 rings (SSSR count). The Morgan fingerprint density at radius 1 is 0.778 bits per heavy atom. The van der Waals surface area contributed by atoms with E-state index >= 15 is 0 Å². The van der Waals surface area contributed by atoms with Crippen molar-refractivity contribution in [3.63, 3.8) is 0 Å². The van der Waals surface area contributed by atoms with E-state index in [1.165, 1.54) is 11.1 Å². The van der Waals surface area contributed by atoms with Gasteiger partial charge < -0.3 is 0 Å². The van der Waals surface area contributed by atoms with Crippen molar-refractivity contribution < 1.29 is 4.42 Å². The van der Waals surface area contributed by atoms with Gasteiger partial charge in [-0.05, 0) is 0 Å². The molecule has 0 unspecified atom stereocenters. The van der Waals surface area contributed by atoms with Crippen molar-refractivity contribution in [3.05, 3.63) is 89.7 Å². The van der Waals surface area contributed by atoms with Crippen molar-refractivity contribution >= 4 is 6.91 Å². The summed E-state index contributed by atoms with van der Waals surface area (Å²) in [7, 11) is 0. The SMILES string of the molecule is b1ccoc1C(c1ccccc1)c1ccccc1. The zero-order chi connectivity index (χ0) is 12.2. The van der Waals surface area contributed by atoms with E-state index in [9.17, 15) is 0 Å². The molecular formula is C16H13BO. The zero-order valence-corrected chi connectivity index (χ0v) is 9.99. The van der Waals surface area contributed by atoms with E-state index in [-0.39, 0.29) is 5.92 Å². The number of rotatable bonds is 3. The molecule has 2 heteroatoms. The summed E-state index contributed by atoms with van der Waals surface area (Å²) in [6.45, 7) is 2.03. The second-order valence-electron chi connectivity index (χ2n) is 4.27. The number of hydrogen-bond donors (Lipinski definition) is 0. The third kappa shape index (κ3) is 2.14. The van der Waals surface area contributed by atoms with Crippen LogP contribution in [0.2, 0.25) is 0 Å². The van der Waals surface area contributed by atoms with Crippen molar-refractivity contribution in [3.8, 4) is 0 Å². The van der Waals surface area contributed by atoms with Crippen LogP contribution in [0, 0.1) is 0 Å². The fraction of sp³-hybridized carbons (Fsp3) is 0.0625. The van der Waals surface area contributed by atoms with Crippen molar-refractivity contribution in [1.29, 1.82) is 0 Å². The molecule has 0 N–H and O–H groups in total. The van der Waals surface area contributed by atoms with Crippen LogP contribution < -0.4 is 0 Å². The fourth-order valence-corrected chi connectivity index (χ4v) is 2.27. The summed E-state index contributed by atoms with van der Waals surface area (Å²) in [6, 6.07) is 20.9. The van der Waals surface area contributed by atoms with Gasteiger partial charge in [-0.1, -0.05) is 0 Å². The molecular weight excluding hydrogens is 219 g/mol. The molecule has 18 heavy (non-hydrogen) atoms. The quantitative estimate of drug-likeness (QED) is 0.669. The summed E-state index contributed by atoms with van der Waals surface area (Å²) in [4.78, 5) is 0. The van der Waals surface area contributed by atoms with Gasteiger partial charge >= 0.3 is 107 Å².